The largest absolute Gasteiger partial charge is 0.451 e. The summed E-state index contributed by atoms with van der Waals surface area (Å²) in [6, 6.07) is 9.72. The molecule has 2 fully saturated rings. The van der Waals surface area contributed by atoms with Crippen LogP contribution in [-0.4, -0.2) is 55.5 Å². The topological polar surface area (TPSA) is 86.6 Å². The SMILES string of the molecule is CC.O=C(Nc1ccc(N2CCOCC2)cc1N1CCCC1)c1ccc(-c2cn[nH]c2)o1. The molecule has 1 amide bonds. The number of anilines is 3. The van der Waals surface area contributed by atoms with E-state index in [1.54, 1.807) is 24.5 Å². The predicted octanol–water partition coefficient (Wildman–Crippen LogP) is 4.39. The summed E-state index contributed by atoms with van der Waals surface area (Å²) in [5.74, 6) is 0.622. The van der Waals surface area contributed by atoms with E-state index in [9.17, 15) is 4.79 Å². The second kappa shape index (κ2) is 10.4. The van der Waals surface area contributed by atoms with Gasteiger partial charge in [-0.1, -0.05) is 13.8 Å². The highest BCUT2D eigenvalue weighted by molar-refractivity contribution is 6.04. The van der Waals surface area contributed by atoms with Crippen LogP contribution < -0.4 is 15.1 Å². The van der Waals surface area contributed by atoms with Gasteiger partial charge in [0.1, 0.15) is 5.76 Å². The number of benzene rings is 1. The van der Waals surface area contributed by atoms with Gasteiger partial charge in [0.05, 0.1) is 36.3 Å². The number of hydrogen-bond donors (Lipinski definition) is 2. The van der Waals surface area contributed by atoms with Gasteiger partial charge in [-0.3, -0.25) is 9.89 Å². The molecular weight excluding hydrogens is 406 g/mol. The van der Waals surface area contributed by atoms with Gasteiger partial charge in [0.15, 0.2) is 5.76 Å². The van der Waals surface area contributed by atoms with Crippen molar-refractivity contribution in [3.63, 3.8) is 0 Å². The molecule has 0 saturated carbocycles. The summed E-state index contributed by atoms with van der Waals surface area (Å²) in [5, 5.41) is 9.72. The van der Waals surface area contributed by atoms with Crippen LogP contribution in [0, 0.1) is 0 Å². The first kappa shape index (κ1) is 22.0. The van der Waals surface area contributed by atoms with Gasteiger partial charge in [0.2, 0.25) is 0 Å². The van der Waals surface area contributed by atoms with E-state index in [0.29, 0.717) is 5.76 Å². The second-order valence-electron chi connectivity index (χ2n) is 7.60. The van der Waals surface area contributed by atoms with E-state index in [1.807, 2.05) is 19.9 Å². The summed E-state index contributed by atoms with van der Waals surface area (Å²) in [5.41, 5.74) is 3.84. The molecule has 8 nitrogen and oxygen atoms in total. The van der Waals surface area contributed by atoms with Gasteiger partial charge in [-0.2, -0.15) is 5.10 Å². The third-order valence-electron chi connectivity index (χ3n) is 5.67. The number of morpholine rings is 1. The Hall–Kier alpha value is -3.26. The normalized spacial score (nSPS) is 15.9. The van der Waals surface area contributed by atoms with Gasteiger partial charge >= 0.3 is 0 Å². The number of H-pyrrole nitrogens is 1. The Kier molecular flexibility index (Phi) is 7.11. The number of amides is 1. The van der Waals surface area contributed by atoms with Crippen molar-refractivity contribution in [1.29, 1.82) is 0 Å². The fourth-order valence-electron chi connectivity index (χ4n) is 4.05. The summed E-state index contributed by atoms with van der Waals surface area (Å²) < 4.78 is 11.2. The van der Waals surface area contributed by atoms with Gasteiger partial charge in [-0.15, -0.1) is 0 Å². The first-order valence-corrected chi connectivity index (χ1v) is 11.4. The Morgan fingerprint density at radius 1 is 1.03 bits per heavy atom. The van der Waals surface area contributed by atoms with Gasteiger partial charge < -0.3 is 24.3 Å². The molecule has 1 aromatic carbocycles. The Morgan fingerprint density at radius 2 is 1.81 bits per heavy atom. The maximum atomic E-state index is 12.9. The van der Waals surface area contributed by atoms with Crippen LogP contribution in [0.15, 0.2) is 47.1 Å². The maximum absolute atomic E-state index is 12.9. The van der Waals surface area contributed by atoms with Crippen molar-refractivity contribution in [2.45, 2.75) is 26.7 Å². The van der Waals surface area contributed by atoms with Gasteiger partial charge in [0.25, 0.3) is 5.91 Å². The van der Waals surface area contributed by atoms with Gasteiger partial charge in [-0.05, 0) is 43.2 Å². The van der Waals surface area contributed by atoms with Gasteiger partial charge in [-0.25, -0.2) is 0 Å². The molecule has 0 bridgehead atoms. The number of ether oxygens (including phenoxy) is 1. The first-order chi connectivity index (χ1) is 15.8. The average molecular weight is 438 g/mol. The summed E-state index contributed by atoms with van der Waals surface area (Å²) >= 11 is 0. The van der Waals surface area contributed by atoms with E-state index < -0.39 is 0 Å². The highest BCUT2D eigenvalue weighted by atomic mass is 16.5. The molecule has 32 heavy (non-hydrogen) atoms. The molecule has 8 heteroatoms. The molecule has 5 rings (SSSR count). The standard InChI is InChI=1S/C22H25N5O3.C2H6/c28-22(21-6-5-20(30-21)16-14-23-24-15-16)25-18-4-3-17(26-9-11-29-12-10-26)13-19(18)27-7-1-2-8-27;1-2/h3-6,13-15H,1-2,7-12H2,(H,23,24)(H,25,28);1-2H3. The lowest BCUT2D eigenvalue weighted by molar-refractivity contribution is 0.0997. The van der Waals surface area contributed by atoms with Crippen molar-refractivity contribution in [3.05, 3.63) is 48.5 Å². The number of rotatable bonds is 5. The monoisotopic (exact) mass is 437 g/mol. The highest BCUT2D eigenvalue weighted by Gasteiger charge is 2.21. The molecule has 0 radical (unpaired) electrons. The van der Waals surface area contributed by atoms with Crippen molar-refractivity contribution in [1.82, 2.24) is 10.2 Å². The smallest absolute Gasteiger partial charge is 0.291 e. The minimum atomic E-state index is -0.260. The molecule has 0 spiro atoms. The summed E-state index contributed by atoms with van der Waals surface area (Å²) in [4.78, 5) is 17.6. The minimum Gasteiger partial charge on any atom is -0.451 e. The molecule has 2 aromatic heterocycles. The Labute approximate surface area is 188 Å². The first-order valence-electron chi connectivity index (χ1n) is 11.4. The molecule has 4 heterocycles. The predicted molar refractivity (Wildman–Crippen MR) is 127 cm³/mol. The van der Waals surface area contributed by atoms with E-state index in [0.717, 1.165) is 56.3 Å². The van der Waals surface area contributed by atoms with Crippen molar-refractivity contribution in [2.75, 3.05) is 54.5 Å². The van der Waals surface area contributed by atoms with E-state index in [1.165, 1.54) is 18.5 Å². The lowest BCUT2D eigenvalue weighted by Gasteiger charge is -2.31. The van der Waals surface area contributed by atoms with Crippen LogP contribution >= 0.6 is 0 Å². The number of nitrogens with zero attached hydrogens (tertiary/aromatic N) is 3. The van der Waals surface area contributed by atoms with Crippen LogP contribution in [0.5, 0.6) is 0 Å². The van der Waals surface area contributed by atoms with Crippen LogP contribution in [0.25, 0.3) is 11.3 Å². The van der Waals surface area contributed by atoms with Crippen molar-refractivity contribution in [3.8, 4) is 11.3 Å². The van der Waals surface area contributed by atoms with Crippen molar-refractivity contribution >= 4 is 23.0 Å². The van der Waals surface area contributed by atoms with E-state index in [2.05, 4.69) is 37.4 Å². The molecule has 0 atom stereocenters. The fourth-order valence-corrected chi connectivity index (χ4v) is 4.05. The third kappa shape index (κ3) is 4.80. The second-order valence-corrected chi connectivity index (χ2v) is 7.60. The summed E-state index contributed by atoms with van der Waals surface area (Å²) in [7, 11) is 0. The zero-order valence-corrected chi connectivity index (χ0v) is 18.8. The summed E-state index contributed by atoms with van der Waals surface area (Å²) in [6.07, 6.45) is 5.73. The molecule has 0 unspecified atom stereocenters. The van der Waals surface area contributed by atoms with Crippen LogP contribution in [0.2, 0.25) is 0 Å². The molecule has 170 valence electrons. The molecule has 2 N–H and O–H groups in total. The fraction of sp³-hybridized carbons (Fsp3) is 0.417. The molecule has 3 aromatic rings. The van der Waals surface area contributed by atoms with E-state index in [-0.39, 0.29) is 11.7 Å². The van der Waals surface area contributed by atoms with Crippen molar-refractivity contribution < 1.29 is 13.9 Å². The van der Waals surface area contributed by atoms with Crippen LogP contribution in [-0.2, 0) is 4.74 Å². The number of aromatic amines is 1. The molecule has 2 aliphatic rings. The Bertz CT molecular complexity index is 1000. The lowest BCUT2D eigenvalue weighted by Crippen LogP contribution is -2.36. The van der Waals surface area contributed by atoms with Gasteiger partial charge in [0, 0.05) is 38.1 Å². The Morgan fingerprint density at radius 3 is 2.53 bits per heavy atom. The lowest BCUT2D eigenvalue weighted by atomic mass is 10.2. The van der Waals surface area contributed by atoms with Crippen molar-refractivity contribution in [2.24, 2.45) is 0 Å². The number of carbonyl (C=O) groups is 1. The molecular formula is C24H31N5O3. The average Bonchev–Trinajstić information content (AvgIpc) is 3.63. The number of hydrogen-bond acceptors (Lipinski definition) is 6. The van der Waals surface area contributed by atoms with E-state index >= 15 is 0 Å². The summed E-state index contributed by atoms with van der Waals surface area (Å²) in [6.45, 7) is 9.26. The quantitative estimate of drug-likeness (QED) is 0.616. The molecule has 2 saturated heterocycles. The number of nitrogens with one attached hydrogen (secondary N) is 2. The molecule has 0 aliphatic carbocycles. The van der Waals surface area contributed by atoms with Crippen LogP contribution in [0.3, 0.4) is 0 Å². The zero-order valence-electron chi connectivity index (χ0n) is 18.8. The Balaban J connectivity index is 0.00000119. The highest BCUT2D eigenvalue weighted by Crippen LogP contribution is 2.34. The molecule has 2 aliphatic heterocycles. The van der Waals surface area contributed by atoms with Crippen LogP contribution in [0.1, 0.15) is 37.2 Å². The minimum absolute atomic E-state index is 0.260. The van der Waals surface area contributed by atoms with E-state index in [4.69, 9.17) is 9.15 Å². The third-order valence-corrected chi connectivity index (χ3v) is 5.67. The number of carbonyl (C=O) groups excluding carboxylic acids is 1. The number of furan rings is 1. The van der Waals surface area contributed by atoms with Crippen LogP contribution in [0.4, 0.5) is 17.1 Å². The number of aromatic nitrogens is 2. The maximum Gasteiger partial charge on any atom is 0.291 e. The zero-order chi connectivity index (χ0) is 22.3.